The van der Waals surface area contributed by atoms with Crippen LogP contribution in [-0.2, 0) is 11.3 Å². The number of hydrogen-bond acceptors (Lipinski definition) is 4. The Morgan fingerprint density at radius 3 is 3.06 bits per heavy atom. The van der Waals surface area contributed by atoms with Crippen LogP contribution in [0.5, 0.6) is 0 Å². The summed E-state index contributed by atoms with van der Waals surface area (Å²) >= 11 is 3.43. The number of nitrogens with one attached hydrogen (secondary N) is 1. The number of carbonyl (C=O) groups excluding carboxylic acids is 1. The van der Waals surface area contributed by atoms with E-state index in [1.165, 1.54) is 5.56 Å². The molecule has 0 unspecified atom stereocenters. The van der Waals surface area contributed by atoms with Gasteiger partial charge in [-0.3, -0.25) is 4.79 Å². The van der Waals surface area contributed by atoms with Gasteiger partial charge in [0.2, 0.25) is 5.91 Å². The molecule has 0 atom stereocenters. The molecule has 1 amide bonds. The van der Waals surface area contributed by atoms with E-state index in [9.17, 15) is 4.79 Å². The Morgan fingerprint density at radius 1 is 1.65 bits per heavy atom. The van der Waals surface area contributed by atoms with Gasteiger partial charge >= 0.3 is 0 Å². The zero-order valence-corrected chi connectivity index (χ0v) is 11.6. The maximum Gasteiger partial charge on any atom is 0.232 e. The normalized spacial score (nSPS) is 15.6. The average Bonchev–Trinajstić information content (AvgIpc) is 2.74. The number of hydrogen-bond donors (Lipinski definition) is 1. The summed E-state index contributed by atoms with van der Waals surface area (Å²) in [7, 11) is 1.88. The van der Waals surface area contributed by atoms with Crippen molar-refractivity contribution in [1.29, 1.82) is 0 Å². The summed E-state index contributed by atoms with van der Waals surface area (Å²) in [6.45, 7) is 2.96. The predicted octanol–water partition coefficient (Wildman–Crippen LogP) is 1.66. The first kappa shape index (κ1) is 12.9. The van der Waals surface area contributed by atoms with E-state index in [2.05, 4.69) is 16.8 Å². The van der Waals surface area contributed by atoms with Crippen LogP contribution in [0.1, 0.15) is 5.56 Å². The van der Waals surface area contributed by atoms with E-state index >= 15 is 0 Å². The molecular formula is C12H18N2OS2. The Hall–Kier alpha value is -0.520. The van der Waals surface area contributed by atoms with E-state index in [-0.39, 0.29) is 5.91 Å². The minimum atomic E-state index is 0.230. The van der Waals surface area contributed by atoms with Crippen LogP contribution in [0.15, 0.2) is 16.8 Å². The monoisotopic (exact) mass is 270 g/mol. The highest BCUT2D eigenvalue weighted by atomic mass is 32.2. The van der Waals surface area contributed by atoms with Crippen molar-refractivity contribution in [3.8, 4) is 0 Å². The van der Waals surface area contributed by atoms with Crippen LogP contribution in [0.25, 0.3) is 0 Å². The van der Waals surface area contributed by atoms with E-state index < -0.39 is 0 Å². The molecule has 1 aromatic heterocycles. The molecule has 17 heavy (non-hydrogen) atoms. The van der Waals surface area contributed by atoms with Crippen LogP contribution in [-0.4, -0.2) is 42.4 Å². The Balaban J connectivity index is 1.64. The Kier molecular flexibility index (Phi) is 4.88. The van der Waals surface area contributed by atoms with Crippen LogP contribution in [0.3, 0.4) is 0 Å². The van der Waals surface area contributed by atoms with Gasteiger partial charge < -0.3 is 10.2 Å². The summed E-state index contributed by atoms with van der Waals surface area (Å²) in [5.74, 6) is 2.71. The van der Waals surface area contributed by atoms with Gasteiger partial charge in [0.15, 0.2) is 0 Å². The Bertz CT molecular complexity index is 349. The molecule has 1 fully saturated rings. The van der Waals surface area contributed by atoms with Crippen molar-refractivity contribution in [2.45, 2.75) is 6.54 Å². The first-order chi connectivity index (χ1) is 8.25. The zero-order valence-electron chi connectivity index (χ0n) is 10.0. The molecule has 1 aromatic rings. The summed E-state index contributed by atoms with van der Waals surface area (Å²) in [4.78, 5) is 13.7. The third-order valence-corrected chi connectivity index (χ3v) is 4.76. The summed E-state index contributed by atoms with van der Waals surface area (Å²) in [5.41, 5.74) is 1.22. The highest BCUT2D eigenvalue weighted by Crippen LogP contribution is 2.14. The highest BCUT2D eigenvalue weighted by molar-refractivity contribution is 7.99. The SMILES string of the molecule is CN(Cc1ccsc1)C(=O)CSCC1CNC1. The molecule has 0 aromatic carbocycles. The van der Waals surface area contributed by atoms with E-state index in [4.69, 9.17) is 0 Å². The third kappa shape index (κ3) is 4.01. The van der Waals surface area contributed by atoms with Crippen molar-refractivity contribution in [2.75, 3.05) is 31.6 Å². The van der Waals surface area contributed by atoms with E-state index in [1.54, 1.807) is 23.1 Å². The smallest absolute Gasteiger partial charge is 0.232 e. The molecule has 0 saturated carbocycles. The number of amides is 1. The molecule has 1 saturated heterocycles. The predicted molar refractivity (Wildman–Crippen MR) is 74.5 cm³/mol. The van der Waals surface area contributed by atoms with Crippen LogP contribution < -0.4 is 5.32 Å². The largest absolute Gasteiger partial charge is 0.341 e. The number of thioether (sulfide) groups is 1. The molecule has 0 radical (unpaired) electrons. The van der Waals surface area contributed by atoms with E-state index in [1.807, 2.05) is 17.3 Å². The molecule has 94 valence electrons. The maximum absolute atomic E-state index is 11.8. The van der Waals surface area contributed by atoms with Crippen molar-refractivity contribution in [1.82, 2.24) is 10.2 Å². The topological polar surface area (TPSA) is 32.3 Å². The molecular weight excluding hydrogens is 252 g/mol. The second-order valence-corrected chi connectivity index (χ2v) is 6.23. The lowest BCUT2D eigenvalue weighted by Crippen LogP contribution is -2.43. The van der Waals surface area contributed by atoms with Gasteiger partial charge in [0, 0.05) is 13.6 Å². The Morgan fingerprint density at radius 2 is 2.47 bits per heavy atom. The fourth-order valence-electron chi connectivity index (χ4n) is 1.63. The van der Waals surface area contributed by atoms with Crippen LogP contribution >= 0.6 is 23.1 Å². The molecule has 2 rings (SSSR count). The van der Waals surface area contributed by atoms with Crippen molar-refractivity contribution >= 4 is 29.0 Å². The van der Waals surface area contributed by atoms with Gasteiger partial charge in [-0.15, -0.1) is 0 Å². The lowest BCUT2D eigenvalue weighted by molar-refractivity contribution is -0.127. The molecule has 5 heteroatoms. The summed E-state index contributed by atoms with van der Waals surface area (Å²) in [5, 5.41) is 7.39. The lowest BCUT2D eigenvalue weighted by Gasteiger charge is -2.26. The summed E-state index contributed by atoms with van der Waals surface area (Å²) < 4.78 is 0. The molecule has 3 nitrogen and oxygen atoms in total. The third-order valence-electron chi connectivity index (χ3n) is 2.87. The molecule has 1 aliphatic rings. The minimum absolute atomic E-state index is 0.230. The first-order valence-electron chi connectivity index (χ1n) is 5.79. The number of rotatable bonds is 6. The number of carbonyl (C=O) groups is 1. The highest BCUT2D eigenvalue weighted by Gasteiger charge is 2.17. The van der Waals surface area contributed by atoms with Gasteiger partial charge in [-0.25, -0.2) is 0 Å². The van der Waals surface area contributed by atoms with Crippen LogP contribution in [0, 0.1) is 5.92 Å². The molecule has 0 bridgehead atoms. The van der Waals surface area contributed by atoms with Crippen LogP contribution in [0.4, 0.5) is 0 Å². The second-order valence-electron chi connectivity index (χ2n) is 4.42. The van der Waals surface area contributed by atoms with Gasteiger partial charge in [-0.1, -0.05) is 0 Å². The van der Waals surface area contributed by atoms with Gasteiger partial charge in [-0.2, -0.15) is 23.1 Å². The fraction of sp³-hybridized carbons (Fsp3) is 0.583. The van der Waals surface area contributed by atoms with Crippen molar-refractivity contribution in [3.05, 3.63) is 22.4 Å². The first-order valence-corrected chi connectivity index (χ1v) is 7.89. The zero-order chi connectivity index (χ0) is 12.1. The molecule has 0 aliphatic carbocycles. The van der Waals surface area contributed by atoms with Crippen LogP contribution in [0.2, 0.25) is 0 Å². The molecule has 1 N–H and O–H groups in total. The van der Waals surface area contributed by atoms with Crippen molar-refractivity contribution in [3.63, 3.8) is 0 Å². The average molecular weight is 270 g/mol. The van der Waals surface area contributed by atoms with Gasteiger partial charge in [0.05, 0.1) is 5.75 Å². The van der Waals surface area contributed by atoms with Crippen molar-refractivity contribution in [2.24, 2.45) is 5.92 Å². The maximum atomic E-state index is 11.8. The van der Waals surface area contributed by atoms with Gasteiger partial charge in [0.1, 0.15) is 0 Å². The van der Waals surface area contributed by atoms with Gasteiger partial charge in [0.25, 0.3) is 0 Å². The summed E-state index contributed by atoms with van der Waals surface area (Å²) in [6.07, 6.45) is 0. The fourth-order valence-corrected chi connectivity index (χ4v) is 3.38. The molecule has 2 heterocycles. The molecule has 0 spiro atoms. The Labute approximate surface area is 111 Å². The quantitative estimate of drug-likeness (QED) is 0.853. The summed E-state index contributed by atoms with van der Waals surface area (Å²) in [6, 6.07) is 2.07. The standard InChI is InChI=1S/C12H18N2OS2/c1-14(6-10-2-3-16-7-10)12(15)9-17-8-11-4-13-5-11/h2-3,7,11,13H,4-6,8-9H2,1H3. The van der Waals surface area contributed by atoms with Gasteiger partial charge in [-0.05, 0) is 47.2 Å². The lowest BCUT2D eigenvalue weighted by atomic mass is 10.1. The number of nitrogens with zero attached hydrogens (tertiary/aromatic N) is 1. The number of thiophene rings is 1. The second kappa shape index (κ2) is 6.42. The van der Waals surface area contributed by atoms with Crippen molar-refractivity contribution < 1.29 is 4.79 Å². The minimum Gasteiger partial charge on any atom is -0.341 e. The van der Waals surface area contributed by atoms with E-state index in [0.717, 1.165) is 31.3 Å². The van der Waals surface area contributed by atoms with E-state index in [0.29, 0.717) is 5.75 Å². The molecule has 1 aliphatic heterocycles.